The predicted octanol–water partition coefficient (Wildman–Crippen LogP) is 5.04. The number of hydrogen-bond acceptors (Lipinski definition) is 6. The molecular formula is C19H14Br2N2O4S. The minimum atomic E-state index is -0.454. The Morgan fingerprint density at radius 3 is 2.57 bits per heavy atom. The Kier molecular flexibility index (Phi) is 6.58. The number of hydrogen-bond donors (Lipinski definition) is 1. The molecular weight excluding hydrogens is 512 g/mol. The number of carbonyl (C=O) groups excluding carboxylic acids is 2. The molecule has 1 fully saturated rings. The van der Waals surface area contributed by atoms with E-state index in [0.29, 0.717) is 25.9 Å². The van der Waals surface area contributed by atoms with Crippen molar-refractivity contribution < 1.29 is 19.1 Å². The lowest BCUT2D eigenvalue weighted by Crippen LogP contribution is -2.19. The number of nitrogens with zero attached hydrogens (tertiary/aromatic N) is 1. The summed E-state index contributed by atoms with van der Waals surface area (Å²) in [6, 6.07) is 10.9. The van der Waals surface area contributed by atoms with E-state index in [1.807, 2.05) is 24.3 Å². The van der Waals surface area contributed by atoms with E-state index in [1.165, 1.54) is 25.8 Å². The van der Waals surface area contributed by atoms with Crippen LogP contribution in [0, 0.1) is 0 Å². The third-order valence-electron chi connectivity index (χ3n) is 3.50. The SMILES string of the molecule is COc1cc(/C=C2\SC(=Nc3ccc(Br)cc3)NC2=O)cc(Br)c1OC(C)=O. The van der Waals surface area contributed by atoms with Gasteiger partial charge in [0.25, 0.3) is 5.91 Å². The number of thioether (sulfide) groups is 1. The van der Waals surface area contributed by atoms with E-state index < -0.39 is 5.97 Å². The van der Waals surface area contributed by atoms with E-state index in [4.69, 9.17) is 9.47 Å². The van der Waals surface area contributed by atoms with Crippen molar-refractivity contribution >= 4 is 72.4 Å². The van der Waals surface area contributed by atoms with Gasteiger partial charge < -0.3 is 14.8 Å². The highest BCUT2D eigenvalue weighted by Gasteiger charge is 2.24. The molecule has 3 rings (SSSR count). The molecule has 28 heavy (non-hydrogen) atoms. The molecule has 1 aliphatic rings. The lowest BCUT2D eigenvalue weighted by molar-refractivity contribution is -0.132. The number of aliphatic imine (C=N–C) groups is 1. The van der Waals surface area contributed by atoms with Crippen molar-refractivity contribution in [2.24, 2.45) is 4.99 Å². The summed E-state index contributed by atoms with van der Waals surface area (Å²) < 4.78 is 12.0. The summed E-state index contributed by atoms with van der Waals surface area (Å²) in [6.07, 6.45) is 1.72. The second kappa shape index (κ2) is 8.93. The van der Waals surface area contributed by atoms with Gasteiger partial charge >= 0.3 is 5.97 Å². The molecule has 1 heterocycles. The van der Waals surface area contributed by atoms with E-state index in [-0.39, 0.29) is 11.7 Å². The first kappa shape index (κ1) is 20.6. The monoisotopic (exact) mass is 524 g/mol. The number of benzene rings is 2. The third kappa shape index (κ3) is 5.03. The zero-order valence-corrected chi connectivity index (χ0v) is 18.8. The van der Waals surface area contributed by atoms with Crippen LogP contribution in [0.15, 0.2) is 55.2 Å². The first-order valence-electron chi connectivity index (χ1n) is 7.97. The van der Waals surface area contributed by atoms with Gasteiger partial charge in [-0.05, 0) is 75.7 Å². The van der Waals surface area contributed by atoms with E-state index in [2.05, 4.69) is 42.2 Å². The van der Waals surface area contributed by atoms with Crippen LogP contribution in [-0.2, 0) is 9.59 Å². The molecule has 1 amide bonds. The first-order valence-corrected chi connectivity index (χ1v) is 10.4. The zero-order valence-electron chi connectivity index (χ0n) is 14.8. The second-order valence-corrected chi connectivity index (χ2v) is 8.39. The normalized spacial score (nSPS) is 16.4. The van der Waals surface area contributed by atoms with Crippen LogP contribution in [0.5, 0.6) is 11.5 Å². The van der Waals surface area contributed by atoms with Gasteiger partial charge in [-0.2, -0.15) is 0 Å². The summed E-state index contributed by atoms with van der Waals surface area (Å²) in [5.41, 5.74) is 1.45. The fourth-order valence-electron chi connectivity index (χ4n) is 2.33. The first-order chi connectivity index (χ1) is 13.4. The number of ether oxygens (including phenoxy) is 2. The van der Waals surface area contributed by atoms with Gasteiger partial charge in [-0.3, -0.25) is 9.59 Å². The molecule has 0 saturated carbocycles. The summed E-state index contributed by atoms with van der Waals surface area (Å²) >= 11 is 7.99. The fourth-order valence-corrected chi connectivity index (χ4v) is 3.98. The highest BCUT2D eigenvalue weighted by Crippen LogP contribution is 2.38. The summed E-state index contributed by atoms with van der Waals surface area (Å²) in [7, 11) is 1.48. The Morgan fingerprint density at radius 1 is 1.21 bits per heavy atom. The molecule has 6 nitrogen and oxygen atoms in total. The lowest BCUT2D eigenvalue weighted by Gasteiger charge is -2.11. The molecule has 144 valence electrons. The maximum atomic E-state index is 12.3. The van der Waals surface area contributed by atoms with Crippen LogP contribution in [0.4, 0.5) is 5.69 Å². The average molecular weight is 526 g/mol. The van der Waals surface area contributed by atoms with E-state index in [1.54, 1.807) is 18.2 Å². The number of nitrogens with one attached hydrogen (secondary N) is 1. The van der Waals surface area contributed by atoms with Crippen molar-refractivity contribution in [3.63, 3.8) is 0 Å². The molecule has 0 aliphatic carbocycles. The number of amides is 1. The standard InChI is InChI=1S/C19H14Br2N2O4S/c1-10(24)27-17-14(21)7-11(8-15(17)26-2)9-16-18(25)23-19(28-16)22-13-5-3-12(20)4-6-13/h3-9H,1-2H3,(H,22,23,25)/b16-9-. The Morgan fingerprint density at radius 2 is 1.93 bits per heavy atom. The number of halogens is 2. The molecule has 0 atom stereocenters. The van der Waals surface area contributed by atoms with Crippen molar-refractivity contribution in [2.45, 2.75) is 6.92 Å². The van der Waals surface area contributed by atoms with Gasteiger partial charge in [0.2, 0.25) is 0 Å². The van der Waals surface area contributed by atoms with Crippen molar-refractivity contribution in [1.82, 2.24) is 5.32 Å². The maximum Gasteiger partial charge on any atom is 0.308 e. The summed E-state index contributed by atoms with van der Waals surface area (Å²) in [5.74, 6) is -0.0219. The molecule has 0 aromatic heterocycles. The van der Waals surface area contributed by atoms with Gasteiger partial charge in [-0.15, -0.1) is 0 Å². The number of carbonyl (C=O) groups is 2. The van der Waals surface area contributed by atoms with Crippen LogP contribution in [0.25, 0.3) is 6.08 Å². The molecule has 2 aromatic rings. The molecule has 0 bridgehead atoms. The van der Waals surface area contributed by atoms with Crippen molar-refractivity contribution in [1.29, 1.82) is 0 Å². The summed E-state index contributed by atoms with van der Waals surface area (Å²) in [5, 5.41) is 3.25. The van der Waals surface area contributed by atoms with Gasteiger partial charge in [0, 0.05) is 11.4 Å². The van der Waals surface area contributed by atoms with E-state index in [0.717, 1.165) is 10.2 Å². The molecule has 1 saturated heterocycles. The van der Waals surface area contributed by atoms with Gasteiger partial charge in [-0.1, -0.05) is 15.9 Å². The van der Waals surface area contributed by atoms with Gasteiger partial charge in [-0.25, -0.2) is 4.99 Å². The lowest BCUT2D eigenvalue weighted by atomic mass is 10.2. The molecule has 0 unspecified atom stereocenters. The van der Waals surface area contributed by atoms with Crippen LogP contribution in [0.2, 0.25) is 0 Å². The molecule has 0 radical (unpaired) electrons. The average Bonchev–Trinajstić information content (AvgIpc) is 2.97. The smallest absolute Gasteiger partial charge is 0.308 e. The van der Waals surface area contributed by atoms with Crippen LogP contribution < -0.4 is 14.8 Å². The van der Waals surface area contributed by atoms with Crippen LogP contribution in [0.1, 0.15) is 12.5 Å². The fraction of sp³-hybridized carbons (Fsp3) is 0.105. The van der Waals surface area contributed by atoms with Crippen LogP contribution in [-0.4, -0.2) is 24.2 Å². The largest absolute Gasteiger partial charge is 0.493 e. The second-order valence-electron chi connectivity index (χ2n) is 5.59. The van der Waals surface area contributed by atoms with Crippen molar-refractivity contribution in [2.75, 3.05) is 7.11 Å². The Labute approximate surface area is 182 Å². The third-order valence-corrected chi connectivity index (χ3v) is 5.53. The van der Waals surface area contributed by atoms with E-state index >= 15 is 0 Å². The summed E-state index contributed by atoms with van der Waals surface area (Å²) in [4.78, 5) is 28.5. The topological polar surface area (TPSA) is 77.0 Å². The Hall–Kier alpha value is -2.10. The van der Waals surface area contributed by atoms with Gasteiger partial charge in [0.05, 0.1) is 22.2 Å². The zero-order chi connectivity index (χ0) is 20.3. The minimum Gasteiger partial charge on any atom is -0.493 e. The van der Waals surface area contributed by atoms with Crippen molar-refractivity contribution in [3.05, 3.63) is 55.8 Å². The number of methoxy groups -OCH3 is 1. The molecule has 1 N–H and O–H groups in total. The number of rotatable bonds is 4. The summed E-state index contributed by atoms with van der Waals surface area (Å²) in [6.45, 7) is 1.31. The maximum absolute atomic E-state index is 12.3. The molecule has 1 aliphatic heterocycles. The Balaban J connectivity index is 1.87. The van der Waals surface area contributed by atoms with Gasteiger partial charge in [0.15, 0.2) is 16.7 Å². The van der Waals surface area contributed by atoms with Crippen LogP contribution >= 0.6 is 43.6 Å². The molecule has 2 aromatic carbocycles. The Bertz CT molecular complexity index is 1000. The number of amidine groups is 1. The van der Waals surface area contributed by atoms with Gasteiger partial charge in [0.1, 0.15) is 0 Å². The van der Waals surface area contributed by atoms with Crippen molar-refractivity contribution in [3.8, 4) is 11.5 Å². The molecule has 0 spiro atoms. The highest BCUT2D eigenvalue weighted by atomic mass is 79.9. The minimum absolute atomic E-state index is 0.236. The molecule has 9 heteroatoms. The number of esters is 1. The van der Waals surface area contributed by atoms with Crippen LogP contribution in [0.3, 0.4) is 0 Å². The quantitative estimate of drug-likeness (QED) is 0.344. The van der Waals surface area contributed by atoms with E-state index in [9.17, 15) is 9.59 Å². The predicted molar refractivity (Wildman–Crippen MR) is 117 cm³/mol. The highest BCUT2D eigenvalue weighted by molar-refractivity contribution is 9.10.